The minimum atomic E-state index is -6.08. The summed E-state index contributed by atoms with van der Waals surface area (Å²) in [7, 11) is 0. The summed E-state index contributed by atoms with van der Waals surface area (Å²) in [6.45, 7) is 0. The maximum atomic E-state index is 12.0. The molecule has 14 heavy (non-hydrogen) atoms. The first-order valence-electron chi connectivity index (χ1n) is 2.84. The van der Waals surface area contributed by atoms with Gasteiger partial charge in [0.1, 0.15) is 0 Å². The van der Waals surface area contributed by atoms with E-state index in [1.54, 1.807) is 0 Å². The third kappa shape index (κ3) is 1.85. The second kappa shape index (κ2) is 3.54. The zero-order valence-electron chi connectivity index (χ0n) is 6.04. The third-order valence-electron chi connectivity index (χ3n) is 1.18. The van der Waals surface area contributed by atoms with E-state index in [4.69, 9.17) is 0 Å². The second-order valence-electron chi connectivity index (χ2n) is 2.14. The Morgan fingerprint density at radius 3 is 1.57 bits per heavy atom. The van der Waals surface area contributed by atoms with Crippen molar-refractivity contribution in [2.75, 3.05) is 0 Å². The summed E-state index contributed by atoms with van der Waals surface area (Å²) in [6.07, 6.45) is -4.59. The van der Waals surface area contributed by atoms with Crippen LogP contribution in [0.25, 0.3) is 0 Å². The van der Waals surface area contributed by atoms with Crippen LogP contribution in [-0.2, 0) is 9.59 Å². The van der Waals surface area contributed by atoms with Crippen LogP contribution in [0.5, 0.6) is 0 Å². The Morgan fingerprint density at radius 2 is 1.36 bits per heavy atom. The number of carbonyl (C=O) groups is 2. The van der Waals surface area contributed by atoms with E-state index in [2.05, 4.69) is 0 Å². The van der Waals surface area contributed by atoms with Gasteiger partial charge in [-0.3, -0.25) is 9.59 Å². The Hall–Kier alpha value is -1.15. The molecule has 0 saturated heterocycles. The van der Waals surface area contributed by atoms with Gasteiger partial charge in [0.15, 0.2) is 0 Å². The van der Waals surface area contributed by atoms with Crippen molar-refractivity contribution < 1.29 is 40.3 Å². The standard InChI is InChI=1S/C5HF7O2/c6-1(2(7)13)4(9,10)5(11,12)3(8)14/h1H. The molecule has 0 radical (unpaired) electrons. The van der Waals surface area contributed by atoms with Crippen LogP contribution in [-0.4, -0.2) is 30.1 Å². The molecule has 0 amide bonds. The molecule has 0 fully saturated rings. The lowest BCUT2D eigenvalue weighted by Gasteiger charge is -2.22. The van der Waals surface area contributed by atoms with E-state index < -0.39 is 30.1 Å². The molecule has 0 saturated carbocycles. The molecule has 82 valence electrons. The van der Waals surface area contributed by atoms with Gasteiger partial charge in [-0.2, -0.15) is 26.3 Å². The molecule has 0 aliphatic rings. The summed E-state index contributed by atoms with van der Waals surface area (Å²) in [5, 5.41) is 0. The minimum Gasteiger partial charge on any atom is -0.257 e. The van der Waals surface area contributed by atoms with Crippen LogP contribution >= 0.6 is 0 Å². The van der Waals surface area contributed by atoms with Crippen LogP contribution in [0.4, 0.5) is 30.7 Å². The van der Waals surface area contributed by atoms with Crippen LogP contribution in [0, 0.1) is 0 Å². The molecule has 0 aromatic carbocycles. The molecule has 0 aromatic rings. The van der Waals surface area contributed by atoms with Crippen molar-refractivity contribution in [2.45, 2.75) is 18.0 Å². The first kappa shape index (κ1) is 12.8. The van der Waals surface area contributed by atoms with Gasteiger partial charge in [0.05, 0.1) is 0 Å². The molecule has 0 heterocycles. The molecule has 1 unspecified atom stereocenters. The molecular formula is C5HF7O2. The van der Waals surface area contributed by atoms with Crippen molar-refractivity contribution in [3.8, 4) is 0 Å². The van der Waals surface area contributed by atoms with Gasteiger partial charge in [-0.05, 0) is 0 Å². The average molecular weight is 226 g/mol. The van der Waals surface area contributed by atoms with Crippen molar-refractivity contribution in [3.05, 3.63) is 0 Å². The first-order valence-corrected chi connectivity index (χ1v) is 2.84. The van der Waals surface area contributed by atoms with E-state index in [1.807, 2.05) is 0 Å². The van der Waals surface area contributed by atoms with E-state index in [9.17, 15) is 40.3 Å². The van der Waals surface area contributed by atoms with Crippen molar-refractivity contribution in [1.29, 1.82) is 0 Å². The largest absolute Gasteiger partial charge is 0.401 e. The molecule has 0 N–H and O–H groups in total. The summed E-state index contributed by atoms with van der Waals surface area (Å²) in [6, 6.07) is -7.28. The number of alkyl halides is 5. The predicted molar refractivity (Wildman–Crippen MR) is 27.0 cm³/mol. The highest BCUT2D eigenvalue weighted by atomic mass is 19.3. The first-order chi connectivity index (χ1) is 6.05. The van der Waals surface area contributed by atoms with E-state index in [0.29, 0.717) is 0 Å². The molecule has 0 spiro atoms. The Bertz CT molecular complexity index is 261. The molecule has 9 heteroatoms. The van der Waals surface area contributed by atoms with Crippen molar-refractivity contribution in [1.82, 2.24) is 0 Å². The highest BCUT2D eigenvalue weighted by molar-refractivity contribution is 5.81. The number of hydrogen-bond donors (Lipinski definition) is 0. The highest BCUT2D eigenvalue weighted by Gasteiger charge is 2.69. The zero-order valence-corrected chi connectivity index (χ0v) is 6.04. The number of carbonyl (C=O) groups excluding carboxylic acids is 2. The monoisotopic (exact) mass is 226 g/mol. The number of rotatable bonds is 4. The van der Waals surface area contributed by atoms with Crippen molar-refractivity contribution in [3.63, 3.8) is 0 Å². The molecule has 0 aliphatic carbocycles. The average Bonchev–Trinajstić information content (AvgIpc) is 2.01. The van der Waals surface area contributed by atoms with E-state index in [0.717, 1.165) is 0 Å². The lowest BCUT2D eigenvalue weighted by molar-refractivity contribution is -0.238. The van der Waals surface area contributed by atoms with Gasteiger partial charge in [0, 0.05) is 0 Å². The van der Waals surface area contributed by atoms with Gasteiger partial charge in [-0.15, -0.1) is 0 Å². The Kier molecular flexibility index (Phi) is 3.25. The fourth-order valence-electron chi connectivity index (χ4n) is 0.433. The van der Waals surface area contributed by atoms with Gasteiger partial charge in [0.25, 0.3) is 6.17 Å². The normalized spacial score (nSPS) is 15.1. The molecule has 1 atom stereocenters. The summed E-state index contributed by atoms with van der Waals surface area (Å²) in [5.41, 5.74) is 0. The van der Waals surface area contributed by atoms with Gasteiger partial charge >= 0.3 is 23.9 Å². The number of hydrogen-bond acceptors (Lipinski definition) is 2. The Morgan fingerprint density at radius 1 is 1.00 bits per heavy atom. The van der Waals surface area contributed by atoms with Crippen LogP contribution in [0.2, 0.25) is 0 Å². The summed E-state index contributed by atoms with van der Waals surface area (Å²) in [4.78, 5) is 18.7. The molecule has 0 aliphatic heterocycles. The van der Waals surface area contributed by atoms with Crippen LogP contribution < -0.4 is 0 Å². The number of halogens is 7. The molecule has 0 bridgehead atoms. The quantitative estimate of drug-likeness (QED) is 0.538. The van der Waals surface area contributed by atoms with Gasteiger partial charge in [-0.1, -0.05) is 0 Å². The Balaban J connectivity index is 5.13. The summed E-state index contributed by atoms with van der Waals surface area (Å²) in [5.74, 6) is -12.1. The predicted octanol–water partition coefficient (Wildman–Crippen LogP) is 1.59. The maximum absolute atomic E-state index is 12.0. The summed E-state index contributed by atoms with van der Waals surface area (Å²) >= 11 is 0. The van der Waals surface area contributed by atoms with E-state index >= 15 is 0 Å². The second-order valence-corrected chi connectivity index (χ2v) is 2.14. The topological polar surface area (TPSA) is 34.1 Å². The maximum Gasteiger partial charge on any atom is 0.401 e. The lowest BCUT2D eigenvalue weighted by Crippen LogP contribution is -2.53. The van der Waals surface area contributed by atoms with Gasteiger partial charge < -0.3 is 0 Å². The smallest absolute Gasteiger partial charge is 0.257 e. The minimum absolute atomic E-state index is 3.42. The highest BCUT2D eigenvalue weighted by Crippen LogP contribution is 2.39. The fraction of sp³-hybridized carbons (Fsp3) is 0.600. The fourth-order valence-corrected chi connectivity index (χ4v) is 0.433. The van der Waals surface area contributed by atoms with Gasteiger partial charge in [-0.25, -0.2) is 4.39 Å². The van der Waals surface area contributed by atoms with Gasteiger partial charge in [0.2, 0.25) is 0 Å². The SMILES string of the molecule is O=C(F)C(F)C(F)(F)C(F)(F)C(=O)F. The lowest BCUT2D eigenvalue weighted by atomic mass is 10.1. The van der Waals surface area contributed by atoms with Crippen LogP contribution in [0.15, 0.2) is 0 Å². The third-order valence-corrected chi connectivity index (χ3v) is 1.18. The zero-order chi connectivity index (χ0) is 11.7. The van der Waals surface area contributed by atoms with E-state index in [-0.39, 0.29) is 0 Å². The van der Waals surface area contributed by atoms with Crippen LogP contribution in [0.3, 0.4) is 0 Å². The molecular weight excluding hydrogens is 225 g/mol. The Labute approximate surface area is 71.7 Å². The van der Waals surface area contributed by atoms with Crippen LogP contribution in [0.1, 0.15) is 0 Å². The van der Waals surface area contributed by atoms with E-state index in [1.165, 1.54) is 0 Å². The summed E-state index contributed by atoms with van der Waals surface area (Å²) < 4.78 is 82.4. The van der Waals surface area contributed by atoms with Crippen molar-refractivity contribution in [2.24, 2.45) is 0 Å². The molecule has 0 rings (SSSR count). The van der Waals surface area contributed by atoms with Crippen molar-refractivity contribution >= 4 is 12.1 Å². The molecule has 2 nitrogen and oxygen atoms in total. The molecule has 0 aromatic heterocycles.